The molecule has 0 aliphatic rings. The highest BCUT2D eigenvalue weighted by molar-refractivity contribution is 4.85. The molecule has 0 aromatic heterocycles. The van der Waals surface area contributed by atoms with E-state index in [0.29, 0.717) is 0 Å². The molecule has 0 atom stereocenters. The lowest BCUT2D eigenvalue weighted by Gasteiger charge is -2.04. The molecule has 0 bridgehead atoms. The first-order valence-corrected chi connectivity index (χ1v) is 7.89. The fourth-order valence-corrected chi connectivity index (χ4v) is 1.69. The van der Waals surface area contributed by atoms with Gasteiger partial charge in [-0.2, -0.15) is 0 Å². The van der Waals surface area contributed by atoms with E-state index in [1.54, 1.807) is 0 Å². The van der Waals surface area contributed by atoms with E-state index in [4.69, 9.17) is 0 Å². The van der Waals surface area contributed by atoms with E-state index in [9.17, 15) is 0 Å². The summed E-state index contributed by atoms with van der Waals surface area (Å²) in [6.45, 7) is 12.9. The van der Waals surface area contributed by atoms with Crippen LogP contribution in [-0.2, 0) is 0 Å². The van der Waals surface area contributed by atoms with E-state index in [2.05, 4.69) is 47.3 Å². The Balaban J connectivity index is 3.01. The first-order valence-electron chi connectivity index (χ1n) is 7.89. The van der Waals surface area contributed by atoms with Crippen LogP contribution < -0.4 is 21.3 Å². The minimum atomic E-state index is 0.978. The molecule has 0 radical (unpaired) electrons. The molecule has 0 aliphatic heterocycles. The Morgan fingerprint density at radius 1 is 0.632 bits per heavy atom. The van der Waals surface area contributed by atoms with Crippen LogP contribution in [0.1, 0.15) is 33.1 Å². The summed E-state index contributed by atoms with van der Waals surface area (Å²) in [7, 11) is 0. The van der Waals surface area contributed by atoms with Crippen molar-refractivity contribution in [2.24, 2.45) is 0 Å². The highest BCUT2D eigenvalue weighted by atomic mass is 14.9. The molecule has 4 heteroatoms. The largest absolute Gasteiger partial charge is 0.317 e. The molecule has 0 unspecified atom stereocenters. The molecule has 0 rings (SSSR count). The molecule has 4 nitrogen and oxygen atoms in total. The van der Waals surface area contributed by atoms with Gasteiger partial charge in [0.05, 0.1) is 0 Å². The monoisotopic (exact) mass is 270 g/mol. The summed E-state index contributed by atoms with van der Waals surface area (Å²) in [6, 6.07) is 0. The maximum absolute atomic E-state index is 3.42. The first-order chi connectivity index (χ1) is 9.41. The Kier molecular flexibility index (Phi) is 17.2. The molecule has 19 heavy (non-hydrogen) atoms. The zero-order valence-electron chi connectivity index (χ0n) is 12.9. The molecule has 0 fully saturated rings. The number of nitrogens with one attached hydrogen (secondary N) is 4. The second-order valence-corrected chi connectivity index (χ2v) is 4.69. The summed E-state index contributed by atoms with van der Waals surface area (Å²) in [5.41, 5.74) is 0. The van der Waals surface area contributed by atoms with Crippen LogP contribution in [0.25, 0.3) is 0 Å². The molecule has 0 heterocycles. The maximum atomic E-state index is 3.42. The first kappa shape index (κ1) is 18.6. The molecule has 4 N–H and O–H groups in total. The van der Waals surface area contributed by atoms with Crippen molar-refractivity contribution in [2.45, 2.75) is 33.1 Å². The lowest BCUT2D eigenvalue weighted by molar-refractivity contribution is 0.608. The third-order valence-corrected chi connectivity index (χ3v) is 2.78. The summed E-state index contributed by atoms with van der Waals surface area (Å²) < 4.78 is 0. The summed E-state index contributed by atoms with van der Waals surface area (Å²) in [5, 5.41) is 13.5. The maximum Gasteiger partial charge on any atom is 0.0135 e. The average molecular weight is 270 g/mol. The standard InChI is InChI=1S/C15H34N4/c1-3-9-17-13-8-15-19-11-6-5-10-18-14-7-12-16-4-2/h5-6,16-19H,3-4,7-15H2,1-2H3. The normalized spacial score (nSPS) is 11.5. The Morgan fingerprint density at radius 2 is 1.16 bits per heavy atom. The zero-order chi connectivity index (χ0) is 14.0. The fraction of sp³-hybridized carbons (Fsp3) is 0.867. The van der Waals surface area contributed by atoms with Gasteiger partial charge in [0, 0.05) is 13.1 Å². The third kappa shape index (κ3) is 17.6. The van der Waals surface area contributed by atoms with E-state index in [1.165, 1.54) is 19.3 Å². The predicted octanol–water partition coefficient (Wildman–Crippen LogP) is 1.11. The van der Waals surface area contributed by atoms with Gasteiger partial charge in [-0.05, 0) is 58.5 Å². The Bertz CT molecular complexity index is 183. The highest BCUT2D eigenvalue weighted by Gasteiger charge is 1.87. The van der Waals surface area contributed by atoms with Gasteiger partial charge in [0.25, 0.3) is 0 Å². The van der Waals surface area contributed by atoms with Gasteiger partial charge >= 0.3 is 0 Å². The van der Waals surface area contributed by atoms with E-state index in [0.717, 1.165) is 52.4 Å². The van der Waals surface area contributed by atoms with E-state index >= 15 is 0 Å². The minimum absolute atomic E-state index is 0.978. The minimum Gasteiger partial charge on any atom is -0.317 e. The van der Waals surface area contributed by atoms with Gasteiger partial charge in [0.15, 0.2) is 0 Å². The van der Waals surface area contributed by atoms with Crippen LogP contribution in [0.3, 0.4) is 0 Å². The van der Waals surface area contributed by atoms with Crippen molar-refractivity contribution in [2.75, 3.05) is 52.4 Å². The van der Waals surface area contributed by atoms with Gasteiger partial charge in [0.1, 0.15) is 0 Å². The van der Waals surface area contributed by atoms with Crippen LogP contribution >= 0.6 is 0 Å². The van der Waals surface area contributed by atoms with Crippen LogP contribution in [-0.4, -0.2) is 52.4 Å². The van der Waals surface area contributed by atoms with Crippen molar-refractivity contribution >= 4 is 0 Å². The average Bonchev–Trinajstić information content (AvgIpc) is 2.43. The number of hydrogen-bond donors (Lipinski definition) is 4. The molecule has 0 saturated heterocycles. The molecular weight excluding hydrogens is 236 g/mol. The van der Waals surface area contributed by atoms with Crippen molar-refractivity contribution in [1.82, 2.24) is 21.3 Å². The predicted molar refractivity (Wildman–Crippen MR) is 85.8 cm³/mol. The number of rotatable bonds is 15. The van der Waals surface area contributed by atoms with Gasteiger partial charge in [-0.3, -0.25) is 0 Å². The summed E-state index contributed by atoms with van der Waals surface area (Å²) >= 11 is 0. The van der Waals surface area contributed by atoms with Crippen molar-refractivity contribution in [1.29, 1.82) is 0 Å². The number of hydrogen-bond acceptors (Lipinski definition) is 4. The van der Waals surface area contributed by atoms with Crippen molar-refractivity contribution in [3.8, 4) is 0 Å². The fourth-order valence-electron chi connectivity index (χ4n) is 1.69. The molecule has 0 aliphatic carbocycles. The van der Waals surface area contributed by atoms with E-state index < -0.39 is 0 Å². The Hall–Kier alpha value is -0.420. The van der Waals surface area contributed by atoms with Crippen LogP contribution in [0.2, 0.25) is 0 Å². The van der Waals surface area contributed by atoms with Gasteiger partial charge in [-0.15, -0.1) is 0 Å². The molecule has 114 valence electrons. The van der Waals surface area contributed by atoms with Gasteiger partial charge in [0.2, 0.25) is 0 Å². The summed E-state index contributed by atoms with van der Waals surface area (Å²) in [5.74, 6) is 0. The van der Waals surface area contributed by atoms with Crippen LogP contribution in [0, 0.1) is 0 Å². The molecule has 0 amide bonds. The Labute approximate surface area is 119 Å². The molecule has 0 aromatic rings. The lowest BCUT2D eigenvalue weighted by Crippen LogP contribution is -2.23. The zero-order valence-corrected chi connectivity index (χ0v) is 12.9. The second kappa shape index (κ2) is 17.6. The summed E-state index contributed by atoms with van der Waals surface area (Å²) in [6.07, 6.45) is 8.03. The Morgan fingerprint density at radius 3 is 1.68 bits per heavy atom. The van der Waals surface area contributed by atoms with Gasteiger partial charge in [-0.25, -0.2) is 0 Å². The van der Waals surface area contributed by atoms with Crippen molar-refractivity contribution in [3.05, 3.63) is 12.2 Å². The smallest absolute Gasteiger partial charge is 0.0135 e. The molecule has 0 saturated carbocycles. The van der Waals surface area contributed by atoms with Gasteiger partial charge in [-0.1, -0.05) is 26.0 Å². The van der Waals surface area contributed by atoms with Crippen molar-refractivity contribution in [3.63, 3.8) is 0 Å². The molecule has 0 spiro atoms. The molecular formula is C15H34N4. The van der Waals surface area contributed by atoms with Crippen LogP contribution in [0.5, 0.6) is 0 Å². The van der Waals surface area contributed by atoms with E-state index in [1.807, 2.05) is 0 Å². The SMILES string of the molecule is CCCNCCCNCC=CCNCCCNCC. The van der Waals surface area contributed by atoms with Crippen LogP contribution in [0.15, 0.2) is 12.2 Å². The topological polar surface area (TPSA) is 48.1 Å². The quantitative estimate of drug-likeness (QED) is 0.266. The second-order valence-electron chi connectivity index (χ2n) is 4.69. The highest BCUT2D eigenvalue weighted by Crippen LogP contribution is 1.77. The van der Waals surface area contributed by atoms with E-state index in [-0.39, 0.29) is 0 Å². The third-order valence-electron chi connectivity index (χ3n) is 2.78. The summed E-state index contributed by atoms with van der Waals surface area (Å²) in [4.78, 5) is 0. The van der Waals surface area contributed by atoms with Gasteiger partial charge < -0.3 is 21.3 Å². The lowest BCUT2D eigenvalue weighted by atomic mass is 10.4. The molecule has 0 aromatic carbocycles. The van der Waals surface area contributed by atoms with Crippen LogP contribution in [0.4, 0.5) is 0 Å². The van der Waals surface area contributed by atoms with Crippen molar-refractivity contribution < 1.29 is 0 Å².